The van der Waals surface area contributed by atoms with Gasteiger partial charge in [0, 0.05) is 24.8 Å². The Kier molecular flexibility index (Phi) is 9.27. The molecule has 5 rings (SSSR count). The van der Waals surface area contributed by atoms with Gasteiger partial charge in [0.25, 0.3) is 0 Å². The normalized spacial score (nSPS) is 22.0. The Morgan fingerprint density at radius 2 is 1.67 bits per heavy atom. The van der Waals surface area contributed by atoms with Gasteiger partial charge in [-0.05, 0) is 73.6 Å². The van der Waals surface area contributed by atoms with Gasteiger partial charge in [-0.3, -0.25) is 9.59 Å². The highest BCUT2D eigenvalue weighted by Gasteiger charge is 2.53. The number of carbonyl (C=O) groups is 2. The molecule has 2 unspecified atom stereocenters. The number of hydrogen-bond donors (Lipinski definition) is 3. The second-order valence-electron chi connectivity index (χ2n) is 10.8. The fraction of sp³-hybridized carbons (Fsp3) is 0.548. The second kappa shape index (κ2) is 13.1. The fourth-order valence-corrected chi connectivity index (χ4v) is 6.38. The van der Waals surface area contributed by atoms with Crippen LogP contribution in [-0.4, -0.2) is 82.2 Å². The van der Waals surface area contributed by atoms with Crippen molar-refractivity contribution in [3.8, 4) is 28.7 Å². The minimum Gasteiger partial charge on any atom is -0.502 e. The molecule has 11 nitrogen and oxygen atoms in total. The molecule has 2 heterocycles. The lowest BCUT2D eigenvalue weighted by Gasteiger charge is -2.39. The van der Waals surface area contributed by atoms with Gasteiger partial charge in [-0.15, -0.1) is 0 Å². The average molecular weight is 584 g/mol. The summed E-state index contributed by atoms with van der Waals surface area (Å²) in [5.74, 6) is -0.303. The van der Waals surface area contributed by atoms with E-state index in [-0.39, 0.29) is 48.4 Å². The average Bonchev–Trinajstić information content (AvgIpc) is 3.62. The molecule has 3 aliphatic rings. The molecule has 3 N–H and O–H groups in total. The van der Waals surface area contributed by atoms with E-state index < -0.39 is 17.9 Å². The number of cyclic esters (lactones) is 1. The Morgan fingerprint density at radius 3 is 2.31 bits per heavy atom. The van der Waals surface area contributed by atoms with Crippen LogP contribution in [0.2, 0.25) is 0 Å². The Labute approximate surface area is 246 Å². The smallest absolute Gasteiger partial charge is 0.310 e. The first-order valence-electron chi connectivity index (χ1n) is 14.7. The zero-order valence-electron chi connectivity index (χ0n) is 24.7. The van der Waals surface area contributed by atoms with E-state index in [0.717, 1.165) is 43.7 Å². The number of phenols is 1. The van der Waals surface area contributed by atoms with Gasteiger partial charge in [0.2, 0.25) is 18.4 Å². The first kappa shape index (κ1) is 29.8. The Hall–Kier alpha value is -3.70. The summed E-state index contributed by atoms with van der Waals surface area (Å²) in [6.45, 7) is 9.08. The molecule has 0 saturated carbocycles. The molecule has 0 bridgehead atoms. The number of esters is 1. The molecule has 2 aliphatic heterocycles. The zero-order valence-corrected chi connectivity index (χ0v) is 24.7. The molecule has 11 heteroatoms. The summed E-state index contributed by atoms with van der Waals surface area (Å²) in [6, 6.07) is 6.74. The first-order chi connectivity index (χ1) is 20.4. The summed E-state index contributed by atoms with van der Waals surface area (Å²) < 4.78 is 27.9. The van der Waals surface area contributed by atoms with Crippen molar-refractivity contribution in [2.24, 2.45) is 11.8 Å². The van der Waals surface area contributed by atoms with Crippen LogP contribution in [0.15, 0.2) is 24.3 Å². The van der Waals surface area contributed by atoms with Crippen molar-refractivity contribution in [2.45, 2.75) is 38.6 Å². The van der Waals surface area contributed by atoms with Gasteiger partial charge < -0.3 is 44.3 Å². The lowest BCUT2D eigenvalue weighted by molar-refractivity contribution is -0.141. The van der Waals surface area contributed by atoms with Crippen molar-refractivity contribution in [3.05, 3.63) is 41.0 Å². The molecule has 0 spiro atoms. The van der Waals surface area contributed by atoms with E-state index in [0.29, 0.717) is 30.0 Å². The topological polar surface area (TPSA) is 128 Å². The lowest BCUT2D eigenvalue weighted by Crippen LogP contribution is -2.43. The van der Waals surface area contributed by atoms with Gasteiger partial charge in [0.05, 0.1) is 32.8 Å². The molecular weight excluding hydrogens is 542 g/mol. The number of amides is 1. The monoisotopic (exact) mass is 583 g/mol. The van der Waals surface area contributed by atoms with E-state index in [9.17, 15) is 14.7 Å². The van der Waals surface area contributed by atoms with Crippen molar-refractivity contribution >= 4 is 11.9 Å². The number of phenolic OH excluding ortho intramolecular Hbond substituents is 1. The number of methoxy groups -OCH3 is 2. The van der Waals surface area contributed by atoms with Crippen LogP contribution in [0.25, 0.3) is 0 Å². The largest absolute Gasteiger partial charge is 0.502 e. The quantitative estimate of drug-likeness (QED) is 0.239. The van der Waals surface area contributed by atoms with Crippen molar-refractivity contribution in [1.29, 1.82) is 0 Å². The maximum Gasteiger partial charge on any atom is 0.310 e. The van der Waals surface area contributed by atoms with E-state index in [4.69, 9.17) is 23.7 Å². The van der Waals surface area contributed by atoms with Crippen molar-refractivity contribution in [3.63, 3.8) is 0 Å². The molecule has 2 aromatic rings. The van der Waals surface area contributed by atoms with Crippen LogP contribution in [0.5, 0.6) is 28.7 Å². The second-order valence-corrected chi connectivity index (χ2v) is 10.8. The summed E-state index contributed by atoms with van der Waals surface area (Å²) >= 11 is 0. The van der Waals surface area contributed by atoms with Crippen molar-refractivity contribution < 1.29 is 38.4 Å². The highest BCUT2D eigenvalue weighted by molar-refractivity contribution is 5.81. The number of nitrogens with one attached hydrogen (secondary N) is 2. The summed E-state index contributed by atoms with van der Waals surface area (Å²) in [6.07, 6.45) is 1.33. The molecule has 0 radical (unpaired) electrons. The molecule has 4 atom stereocenters. The van der Waals surface area contributed by atoms with Crippen molar-refractivity contribution in [1.82, 2.24) is 15.5 Å². The maximum absolute atomic E-state index is 13.3. The van der Waals surface area contributed by atoms with E-state index in [1.54, 1.807) is 12.1 Å². The Bertz CT molecular complexity index is 1270. The highest BCUT2D eigenvalue weighted by atomic mass is 16.7. The zero-order chi connectivity index (χ0) is 29.8. The SMILES string of the molecule is CCN(CC)CCCNCCC(=O)NC1c2cc3c(cc2[C@@H](c2cc(OC)c(O)c(OC)c2)[C@H]2C(=O)OCC12)OCO3. The molecule has 1 saturated heterocycles. The number of benzene rings is 2. The first-order valence-corrected chi connectivity index (χ1v) is 14.7. The number of hydrogen-bond acceptors (Lipinski definition) is 10. The summed E-state index contributed by atoms with van der Waals surface area (Å²) in [4.78, 5) is 28.9. The maximum atomic E-state index is 13.3. The number of ether oxygens (including phenoxy) is 5. The third-order valence-electron chi connectivity index (χ3n) is 8.62. The molecule has 1 aliphatic carbocycles. The van der Waals surface area contributed by atoms with Crippen LogP contribution in [-0.2, 0) is 14.3 Å². The lowest BCUT2D eigenvalue weighted by atomic mass is 9.65. The summed E-state index contributed by atoms with van der Waals surface area (Å²) in [7, 11) is 2.92. The van der Waals surface area contributed by atoms with Gasteiger partial charge >= 0.3 is 5.97 Å². The molecular formula is C31H41N3O8. The Balaban J connectivity index is 1.41. The fourth-order valence-electron chi connectivity index (χ4n) is 6.38. The molecule has 228 valence electrons. The molecule has 42 heavy (non-hydrogen) atoms. The number of aromatic hydroxyl groups is 1. The number of carbonyl (C=O) groups excluding carboxylic acids is 2. The van der Waals surface area contributed by atoms with Crippen LogP contribution >= 0.6 is 0 Å². The number of rotatable bonds is 13. The molecule has 1 fully saturated rings. The Morgan fingerprint density at radius 1 is 1.00 bits per heavy atom. The molecule has 1 amide bonds. The summed E-state index contributed by atoms with van der Waals surface area (Å²) in [5, 5.41) is 17.1. The number of fused-ring (bicyclic) bond motifs is 3. The van der Waals surface area contributed by atoms with E-state index in [1.807, 2.05) is 12.1 Å². The van der Waals surface area contributed by atoms with Gasteiger partial charge in [0.15, 0.2) is 23.0 Å². The minimum absolute atomic E-state index is 0.0929. The van der Waals surface area contributed by atoms with E-state index in [1.165, 1.54) is 14.2 Å². The van der Waals surface area contributed by atoms with Crippen LogP contribution < -0.4 is 29.6 Å². The van der Waals surface area contributed by atoms with Gasteiger partial charge in [-0.25, -0.2) is 0 Å². The third kappa shape index (κ3) is 5.80. The van der Waals surface area contributed by atoms with Crippen LogP contribution in [0.4, 0.5) is 0 Å². The van der Waals surface area contributed by atoms with Gasteiger partial charge in [0.1, 0.15) is 0 Å². The van der Waals surface area contributed by atoms with E-state index in [2.05, 4.69) is 29.4 Å². The van der Waals surface area contributed by atoms with E-state index >= 15 is 0 Å². The van der Waals surface area contributed by atoms with Crippen LogP contribution in [0.1, 0.15) is 55.3 Å². The number of nitrogens with zero attached hydrogens (tertiary/aromatic N) is 1. The molecule has 0 aromatic heterocycles. The highest BCUT2D eigenvalue weighted by Crippen LogP contribution is 2.55. The molecule has 2 aromatic carbocycles. The van der Waals surface area contributed by atoms with Gasteiger partial charge in [-0.2, -0.15) is 0 Å². The van der Waals surface area contributed by atoms with Crippen LogP contribution in [0, 0.1) is 11.8 Å². The third-order valence-corrected chi connectivity index (χ3v) is 8.62. The summed E-state index contributed by atoms with van der Waals surface area (Å²) in [5.41, 5.74) is 2.37. The predicted molar refractivity (Wildman–Crippen MR) is 154 cm³/mol. The predicted octanol–water partition coefficient (Wildman–Crippen LogP) is 2.94. The minimum atomic E-state index is -0.583. The van der Waals surface area contributed by atoms with Gasteiger partial charge in [-0.1, -0.05) is 13.8 Å². The standard InChI is InChI=1S/C31H41N3O8/c1-5-34(6-2)11-7-9-32-10-8-26(35)33-29-20-15-23-22(41-17-42-23)14-19(20)27(28-21(29)16-40-31(28)37)18-12-24(38-3)30(36)25(13-18)39-4/h12-15,21,27-29,32,36H,5-11,16-17H2,1-4H3,(H,33,35)/t21?,27-,28+,29?/m1/s1. The van der Waals surface area contributed by atoms with Crippen LogP contribution in [0.3, 0.4) is 0 Å². The van der Waals surface area contributed by atoms with Crippen molar-refractivity contribution in [2.75, 3.05) is 60.3 Å².